The predicted molar refractivity (Wildman–Crippen MR) is 289 cm³/mol. The predicted octanol–water partition coefficient (Wildman–Crippen LogP) is 6.29. The third-order valence-electron chi connectivity index (χ3n) is 12.1. The van der Waals surface area contributed by atoms with Gasteiger partial charge in [0.2, 0.25) is 0 Å². The summed E-state index contributed by atoms with van der Waals surface area (Å²) in [6, 6.07) is 0. The Morgan fingerprint density at radius 2 is 0.699 bits per heavy atom. The molecule has 0 aliphatic rings. The van der Waals surface area contributed by atoms with Gasteiger partial charge >= 0.3 is 35.8 Å². The van der Waals surface area contributed by atoms with Gasteiger partial charge in [-0.25, -0.2) is 0 Å². The fourth-order valence-corrected chi connectivity index (χ4v) is 7.61. The summed E-state index contributed by atoms with van der Waals surface area (Å²) in [5.41, 5.74) is -2.02. The third-order valence-corrected chi connectivity index (χ3v) is 12.1. The number of rotatable bonds is 40. The van der Waals surface area contributed by atoms with Gasteiger partial charge in [0.15, 0.2) is 0 Å². The van der Waals surface area contributed by atoms with Crippen LogP contribution in [0.15, 0.2) is 0 Å². The Hall–Kier alpha value is -2.32. The number of likely N-dealkylation sites (N-methyl/N-ethyl adjacent to an activating group) is 6. The maximum Gasteiger partial charge on any atom is 0.311 e. The first-order valence-corrected chi connectivity index (χ1v) is 26.3. The van der Waals surface area contributed by atoms with Crippen LogP contribution in [-0.2, 0) is 89.9 Å². The fourth-order valence-electron chi connectivity index (χ4n) is 7.61. The van der Waals surface area contributed by atoms with E-state index in [9.17, 15) is 28.8 Å². The monoisotopic (exact) mass is 1120 g/mol. The zero-order valence-electron chi connectivity index (χ0n) is 48.0. The average molecular weight is 1120 g/mol. The van der Waals surface area contributed by atoms with Gasteiger partial charge < -0.3 is 67.2 Å². The molecule has 0 rings (SSSR count). The maximum atomic E-state index is 12.7. The van der Waals surface area contributed by atoms with E-state index in [1.165, 1.54) is 0 Å². The molecule has 6 N–H and O–H groups in total. The maximum absolute atomic E-state index is 12.7. The molecule has 0 amide bonds. The van der Waals surface area contributed by atoms with Gasteiger partial charge in [0.05, 0.1) is 34.0 Å². The van der Waals surface area contributed by atoms with E-state index in [4.69, 9.17) is 28.4 Å². The normalized spacial score (nSPS) is 14.4. The largest absolute Gasteiger partial charge is 0.464 e. The molecule has 1 radical (unpaired) electrons. The number of unbranched alkanes of at least 4 members (excludes halogenated alkanes) is 2. The molecule has 0 bridgehead atoms. The molecule has 19 heteroatoms. The Labute approximate surface area is 469 Å². The van der Waals surface area contributed by atoms with E-state index in [0.717, 1.165) is 44.9 Å². The Balaban J connectivity index is -0.000000314. The van der Waals surface area contributed by atoms with Crippen LogP contribution in [0.3, 0.4) is 0 Å². The van der Waals surface area contributed by atoms with Gasteiger partial charge in [0, 0.05) is 72.0 Å². The third kappa shape index (κ3) is 39.7. The van der Waals surface area contributed by atoms with Gasteiger partial charge in [-0.15, -0.1) is 0 Å². The summed E-state index contributed by atoms with van der Waals surface area (Å²) >= 11 is 0. The van der Waals surface area contributed by atoms with E-state index in [1.807, 2.05) is 55.8 Å². The van der Waals surface area contributed by atoms with Crippen molar-refractivity contribution in [2.45, 2.75) is 147 Å². The molecule has 0 aromatic rings. The molecule has 0 saturated carbocycles. The summed E-state index contributed by atoms with van der Waals surface area (Å²) in [5, 5.41) is 17.6. The molecule has 0 fully saturated rings. The Morgan fingerprint density at radius 3 is 0.945 bits per heavy atom. The summed E-state index contributed by atoms with van der Waals surface area (Å²) in [7, 11) is 10.8. The molecule has 6 atom stereocenters. The molecule has 0 aliphatic heterocycles. The van der Waals surface area contributed by atoms with Crippen molar-refractivity contribution >= 4 is 35.8 Å². The average Bonchev–Trinajstić information content (AvgIpc) is 3.32. The van der Waals surface area contributed by atoms with E-state index in [-0.39, 0.29) is 93.7 Å². The van der Waals surface area contributed by atoms with E-state index in [0.29, 0.717) is 117 Å². The molecule has 0 saturated heterocycles. The quantitative estimate of drug-likeness (QED) is 0.0172. The zero-order chi connectivity index (χ0) is 54.7. The van der Waals surface area contributed by atoms with Crippen LogP contribution in [0.2, 0.25) is 0 Å². The Kier molecular flexibility index (Phi) is 53.7. The number of hydrogen-bond acceptors (Lipinski definition) is 18. The van der Waals surface area contributed by atoms with Crippen LogP contribution < -0.4 is 31.9 Å². The van der Waals surface area contributed by atoms with Gasteiger partial charge in [0.1, 0.15) is 39.6 Å². The van der Waals surface area contributed by atoms with Crippen molar-refractivity contribution in [1.29, 1.82) is 0 Å². The van der Waals surface area contributed by atoms with E-state index >= 15 is 0 Å². The van der Waals surface area contributed by atoms with Crippen LogP contribution in [0.5, 0.6) is 0 Å². The molecule has 73 heavy (non-hydrogen) atoms. The minimum Gasteiger partial charge on any atom is -0.464 e. The molecule has 431 valence electrons. The SMILES string of the molecule is C.CCCCC(C)(CC(C)C(=O)OCCNC)C(=O)OCCNC.CNCCOC(=O)C(C)CC(C)(CCCCC(C)C)C(=O)OCCNC.[CH2-]CCC(C)(CC(C)C(=O)OCCNC)C(=O)OCCNC.[Y]. The van der Waals surface area contributed by atoms with Crippen molar-refractivity contribution in [2.75, 3.05) is 121 Å². The molecule has 6 unspecified atom stereocenters. The van der Waals surface area contributed by atoms with Crippen LogP contribution in [0, 0.1) is 46.8 Å². The van der Waals surface area contributed by atoms with Gasteiger partial charge in [-0.05, 0) is 101 Å². The number of ether oxygens (including phenoxy) is 6. The summed E-state index contributed by atoms with van der Waals surface area (Å²) in [6.45, 7) is 27.1. The molecule has 0 heterocycles. The Bertz CT molecular complexity index is 1420. The smallest absolute Gasteiger partial charge is 0.311 e. The molecular formula is C54H109N6O12Y-. The van der Waals surface area contributed by atoms with Crippen molar-refractivity contribution in [3.05, 3.63) is 6.92 Å². The van der Waals surface area contributed by atoms with Crippen molar-refractivity contribution in [3.8, 4) is 0 Å². The van der Waals surface area contributed by atoms with E-state index < -0.39 is 16.2 Å². The second-order valence-electron chi connectivity index (χ2n) is 19.9. The van der Waals surface area contributed by atoms with Crippen molar-refractivity contribution in [3.63, 3.8) is 0 Å². The van der Waals surface area contributed by atoms with Crippen molar-refractivity contribution in [1.82, 2.24) is 31.9 Å². The summed E-state index contributed by atoms with van der Waals surface area (Å²) in [4.78, 5) is 73.6. The van der Waals surface area contributed by atoms with Crippen LogP contribution >= 0.6 is 0 Å². The first-order valence-electron chi connectivity index (χ1n) is 26.3. The fraction of sp³-hybridized carbons (Fsp3) is 0.870. The van der Waals surface area contributed by atoms with Gasteiger partial charge in [-0.2, -0.15) is 6.42 Å². The standard InChI is InChI=1S/C20H40N2O4.C17H34N2O4.C16H31N2O4.CH4.Y/c1-16(2)9-7-8-10-20(4,19(24)26-14-12-22-6)15-17(3)18(23)25-13-11-21-5;1-6-7-8-17(3,16(21)23-12-10-19-5)13-14(2)15(20)22-11-9-18-4;1-6-7-16(3,15(20)22-11-9-18-5)12-13(2)14(19)21-10-8-17-4;;/h16-17,21-22H,7-15H2,1-6H3;14,18-19H,6-13H2,1-5H3;13,17-18H,1,6-12H2,2-5H3;1H4;/q;;-1;;. The number of carbonyl (C=O) groups is 6. The molecule has 0 spiro atoms. The van der Waals surface area contributed by atoms with Crippen molar-refractivity contribution in [2.24, 2.45) is 39.9 Å². The van der Waals surface area contributed by atoms with Gasteiger partial charge in [-0.1, -0.05) is 87.5 Å². The summed E-state index contributed by atoms with van der Waals surface area (Å²) in [5.74, 6) is -1.87. The summed E-state index contributed by atoms with van der Waals surface area (Å²) in [6.07, 6.45) is 9.05. The van der Waals surface area contributed by atoms with Crippen LogP contribution in [0.4, 0.5) is 0 Å². The van der Waals surface area contributed by atoms with Gasteiger partial charge in [0.25, 0.3) is 0 Å². The topological polar surface area (TPSA) is 230 Å². The first kappa shape index (κ1) is 79.6. The minimum atomic E-state index is -0.711. The molecular weight excluding hydrogens is 1010 g/mol. The molecule has 0 aliphatic carbocycles. The second-order valence-corrected chi connectivity index (χ2v) is 19.9. The first-order chi connectivity index (χ1) is 33.6. The second kappa shape index (κ2) is 49.3. The van der Waals surface area contributed by atoms with E-state index in [1.54, 1.807) is 28.1 Å². The minimum absolute atomic E-state index is 0. The molecule has 0 aromatic heterocycles. The molecule has 18 nitrogen and oxygen atoms in total. The number of carbonyl (C=O) groups excluding carboxylic acids is 6. The Morgan fingerprint density at radius 1 is 0.438 bits per heavy atom. The summed E-state index contributed by atoms with van der Waals surface area (Å²) < 4.78 is 31.7. The zero-order valence-corrected chi connectivity index (χ0v) is 50.8. The van der Waals surface area contributed by atoms with Crippen LogP contribution in [0.25, 0.3) is 0 Å². The van der Waals surface area contributed by atoms with Crippen LogP contribution in [0.1, 0.15) is 147 Å². The molecule has 0 aromatic carbocycles. The van der Waals surface area contributed by atoms with Gasteiger partial charge in [-0.3, -0.25) is 28.8 Å². The number of hydrogen-bond donors (Lipinski definition) is 6. The van der Waals surface area contributed by atoms with Crippen molar-refractivity contribution < 1.29 is 89.9 Å². The van der Waals surface area contributed by atoms with E-state index in [2.05, 4.69) is 59.6 Å². The van der Waals surface area contributed by atoms with Crippen LogP contribution in [-0.4, -0.2) is 157 Å². The number of esters is 6. The number of nitrogens with one attached hydrogen (secondary N) is 6.